The molecule has 1 fully saturated rings. The van der Waals surface area contributed by atoms with Crippen LogP contribution in [0.3, 0.4) is 0 Å². The van der Waals surface area contributed by atoms with Crippen molar-refractivity contribution in [2.24, 2.45) is 4.99 Å². The van der Waals surface area contributed by atoms with E-state index in [1.54, 1.807) is 0 Å². The van der Waals surface area contributed by atoms with Gasteiger partial charge in [0.2, 0.25) is 0 Å². The summed E-state index contributed by atoms with van der Waals surface area (Å²) in [6.45, 7) is 5.38. The molecule has 0 aliphatic heterocycles. The second-order valence-corrected chi connectivity index (χ2v) is 4.22. The lowest BCUT2D eigenvalue weighted by Crippen LogP contribution is -2.17. The molecule has 3 nitrogen and oxygen atoms in total. The molecule has 0 spiro atoms. The van der Waals surface area contributed by atoms with Crippen molar-refractivity contribution in [3.05, 3.63) is 22.9 Å². The minimum atomic E-state index is 0.416. The van der Waals surface area contributed by atoms with Gasteiger partial charge in [-0.25, -0.2) is 4.98 Å². The molecule has 0 radical (unpaired) electrons. The minimum absolute atomic E-state index is 0.416. The molecule has 1 aromatic rings. The molecule has 0 bridgehead atoms. The van der Waals surface area contributed by atoms with E-state index < -0.39 is 0 Å². The van der Waals surface area contributed by atoms with Gasteiger partial charge in [0.25, 0.3) is 0 Å². The number of hydrogen-bond donors (Lipinski definition) is 0. The zero-order valence-electron chi connectivity index (χ0n) is 8.78. The highest BCUT2D eigenvalue weighted by molar-refractivity contribution is 6.31. The van der Waals surface area contributed by atoms with E-state index in [-0.39, 0.29) is 0 Å². The standard InChI is InChI=1S/C11H14ClN3/c1-8-10(6-11(12)13-2)15(7-14-8)9-4-3-5-9/h6-7,9H,2-5H2,1H3/b11-6-. The molecule has 80 valence electrons. The zero-order chi connectivity index (χ0) is 10.8. The van der Waals surface area contributed by atoms with Crippen molar-refractivity contribution >= 4 is 24.4 Å². The second-order valence-electron chi connectivity index (χ2n) is 3.83. The predicted octanol–water partition coefficient (Wildman–Crippen LogP) is 3.15. The summed E-state index contributed by atoms with van der Waals surface area (Å²) in [5.41, 5.74) is 2.04. The largest absolute Gasteiger partial charge is 0.328 e. The molecule has 0 atom stereocenters. The van der Waals surface area contributed by atoms with Crippen molar-refractivity contribution in [2.75, 3.05) is 0 Å². The van der Waals surface area contributed by atoms with Crippen LogP contribution in [0.4, 0.5) is 0 Å². The first-order valence-corrected chi connectivity index (χ1v) is 5.47. The second kappa shape index (κ2) is 4.19. The molecule has 0 amide bonds. The van der Waals surface area contributed by atoms with E-state index in [0.717, 1.165) is 11.4 Å². The molecule has 0 unspecified atom stereocenters. The number of hydrogen-bond acceptors (Lipinski definition) is 2. The van der Waals surface area contributed by atoms with Crippen LogP contribution in [-0.4, -0.2) is 16.3 Å². The number of imidazole rings is 1. The smallest absolute Gasteiger partial charge is 0.130 e. The van der Waals surface area contributed by atoms with E-state index >= 15 is 0 Å². The lowest BCUT2D eigenvalue weighted by atomic mass is 9.92. The first-order chi connectivity index (χ1) is 7.22. The molecular formula is C11H14ClN3. The Hall–Kier alpha value is -1.09. The van der Waals surface area contributed by atoms with Gasteiger partial charge in [0, 0.05) is 12.1 Å². The summed E-state index contributed by atoms with van der Waals surface area (Å²) in [4.78, 5) is 7.99. The van der Waals surface area contributed by atoms with Crippen LogP contribution in [0, 0.1) is 6.92 Å². The van der Waals surface area contributed by atoms with Gasteiger partial charge in [-0.1, -0.05) is 11.6 Å². The molecule has 4 heteroatoms. The summed E-state index contributed by atoms with van der Waals surface area (Å²) in [7, 11) is 0. The Labute approximate surface area is 94.5 Å². The van der Waals surface area contributed by atoms with Gasteiger partial charge >= 0.3 is 0 Å². The summed E-state index contributed by atoms with van der Waals surface area (Å²) in [6.07, 6.45) is 7.48. The third kappa shape index (κ3) is 1.97. The fourth-order valence-corrected chi connectivity index (χ4v) is 1.86. The number of halogens is 1. The van der Waals surface area contributed by atoms with Crippen LogP contribution in [-0.2, 0) is 0 Å². The lowest BCUT2D eigenvalue weighted by Gasteiger charge is -2.28. The van der Waals surface area contributed by atoms with Crippen LogP contribution in [0.2, 0.25) is 0 Å². The van der Waals surface area contributed by atoms with Crippen molar-refractivity contribution in [3.8, 4) is 0 Å². The van der Waals surface area contributed by atoms with Crippen LogP contribution < -0.4 is 0 Å². The average Bonchev–Trinajstić information content (AvgIpc) is 2.47. The molecule has 1 heterocycles. The van der Waals surface area contributed by atoms with Gasteiger partial charge in [0.15, 0.2) is 0 Å². The lowest BCUT2D eigenvalue weighted by molar-refractivity contribution is 0.312. The molecule has 1 saturated carbocycles. The van der Waals surface area contributed by atoms with Crippen molar-refractivity contribution in [3.63, 3.8) is 0 Å². The maximum Gasteiger partial charge on any atom is 0.130 e. The number of aryl methyl sites for hydroxylation is 1. The molecule has 15 heavy (non-hydrogen) atoms. The Bertz CT molecular complexity index is 402. The van der Waals surface area contributed by atoms with Gasteiger partial charge in [-0.3, -0.25) is 4.99 Å². The van der Waals surface area contributed by atoms with Gasteiger partial charge < -0.3 is 4.57 Å². The number of rotatable bonds is 3. The summed E-state index contributed by atoms with van der Waals surface area (Å²) in [6, 6.07) is 0.590. The Kier molecular flexibility index (Phi) is 2.91. The van der Waals surface area contributed by atoms with Gasteiger partial charge in [0.1, 0.15) is 5.16 Å². The predicted molar refractivity (Wildman–Crippen MR) is 63.2 cm³/mol. The van der Waals surface area contributed by atoms with E-state index in [4.69, 9.17) is 11.6 Å². The highest BCUT2D eigenvalue weighted by Crippen LogP contribution is 2.33. The maximum atomic E-state index is 5.86. The Morgan fingerprint density at radius 3 is 3.00 bits per heavy atom. The molecule has 0 saturated heterocycles. The summed E-state index contributed by atoms with van der Waals surface area (Å²) < 4.78 is 2.19. The third-order valence-electron chi connectivity index (χ3n) is 2.90. The van der Waals surface area contributed by atoms with Crippen LogP contribution in [0.5, 0.6) is 0 Å². The average molecular weight is 224 g/mol. The van der Waals surface area contributed by atoms with Gasteiger partial charge in [-0.2, -0.15) is 0 Å². The highest BCUT2D eigenvalue weighted by Gasteiger charge is 2.21. The van der Waals surface area contributed by atoms with Crippen LogP contribution in [0.15, 0.2) is 16.5 Å². The van der Waals surface area contributed by atoms with Crippen LogP contribution in [0.25, 0.3) is 6.08 Å². The highest BCUT2D eigenvalue weighted by atomic mass is 35.5. The quantitative estimate of drug-likeness (QED) is 0.572. The zero-order valence-corrected chi connectivity index (χ0v) is 9.54. The van der Waals surface area contributed by atoms with Crippen molar-refractivity contribution in [1.29, 1.82) is 0 Å². The fourth-order valence-electron chi connectivity index (χ4n) is 1.76. The van der Waals surface area contributed by atoms with Crippen molar-refractivity contribution in [1.82, 2.24) is 9.55 Å². The van der Waals surface area contributed by atoms with Gasteiger partial charge in [-0.15, -0.1) is 0 Å². The van der Waals surface area contributed by atoms with Crippen LogP contribution >= 0.6 is 11.6 Å². The van der Waals surface area contributed by atoms with Crippen molar-refractivity contribution in [2.45, 2.75) is 32.2 Å². The third-order valence-corrected chi connectivity index (χ3v) is 3.13. The summed E-state index contributed by atoms with van der Waals surface area (Å²) in [5.74, 6) is 0. The maximum absolute atomic E-state index is 5.86. The first-order valence-electron chi connectivity index (χ1n) is 5.09. The normalized spacial score (nSPS) is 17.6. The Morgan fingerprint density at radius 1 is 1.73 bits per heavy atom. The first kappa shape index (κ1) is 10.4. The molecule has 0 aromatic carbocycles. The summed E-state index contributed by atoms with van der Waals surface area (Å²) in [5, 5.41) is 0.416. The Morgan fingerprint density at radius 2 is 2.47 bits per heavy atom. The molecular weight excluding hydrogens is 210 g/mol. The number of nitrogens with zero attached hydrogens (tertiary/aromatic N) is 3. The Balaban J connectivity index is 2.35. The van der Waals surface area contributed by atoms with Gasteiger partial charge in [-0.05, 0) is 32.9 Å². The van der Waals surface area contributed by atoms with Gasteiger partial charge in [0.05, 0.1) is 17.7 Å². The fraction of sp³-hybridized carbons (Fsp3) is 0.455. The van der Waals surface area contributed by atoms with E-state index in [1.807, 2.05) is 19.3 Å². The van der Waals surface area contributed by atoms with E-state index in [9.17, 15) is 0 Å². The number of aliphatic imine (C=N–C) groups is 1. The molecule has 2 rings (SSSR count). The molecule has 1 aromatic heterocycles. The van der Waals surface area contributed by atoms with E-state index in [2.05, 4.69) is 21.3 Å². The molecule has 1 aliphatic carbocycles. The summed E-state index contributed by atoms with van der Waals surface area (Å²) >= 11 is 5.86. The molecule has 0 N–H and O–H groups in total. The van der Waals surface area contributed by atoms with Crippen molar-refractivity contribution < 1.29 is 0 Å². The monoisotopic (exact) mass is 223 g/mol. The van der Waals surface area contributed by atoms with E-state index in [0.29, 0.717) is 11.2 Å². The minimum Gasteiger partial charge on any atom is -0.328 e. The molecule has 1 aliphatic rings. The number of aromatic nitrogens is 2. The van der Waals surface area contributed by atoms with Crippen LogP contribution in [0.1, 0.15) is 36.7 Å². The van der Waals surface area contributed by atoms with E-state index in [1.165, 1.54) is 19.3 Å². The SMILES string of the molecule is C=N/C(Cl)=C\c1c(C)ncn1C1CCC1. The topological polar surface area (TPSA) is 30.2 Å².